The van der Waals surface area contributed by atoms with Gasteiger partial charge in [-0.3, -0.25) is 14.9 Å². The van der Waals surface area contributed by atoms with Gasteiger partial charge in [0.15, 0.2) is 5.11 Å². The first kappa shape index (κ1) is 20.4. The fourth-order valence-electron chi connectivity index (χ4n) is 2.29. The number of methoxy groups -OCH3 is 1. The van der Waals surface area contributed by atoms with E-state index in [1.165, 1.54) is 0 Å². The van der Waals surface area contributed by atoms with Gasteiger partial charge in [-0.2, -0.15) is 0 Å². The second-order valence-electron chi connectivity index (χ2n) is 5.54. The number of hydrogen-bond acceptors (Lipinski definition) is 6. The lowest BCUT2D eigenvalue weighted by atomic mass is 10.2. The molecule has 0 atom stereocenters. The zero-order valence-electron chi connectivity index (χ0n) is 15.3. The van der Waals surface area contributed by atoms with Crippen molar-refractivity contribution in [1.29, 1.82) is 0 Å². The fraction of sp³-hybridized carbons (Fsp3) is 0.316. The Bertz CT molecular complexity index is 759. The van der Waals surface area contributed by atoms with E-state index in [0.29, 0.717) is 36.8 Å². The number of rotatable bonds is 8. The summed E-state index contributed by atoms with van der Waals surface area (Å²) in [5, 5.41) is 2.89. The molecule has 0 aliphatic carbocycles. The summed E-state index contributed by atoms with van der Waals surface area (Å²) < 4.78 is 15.4. The third-order valence-electron chi connectivity index (χ3n) is 3.68. The van der Waals surface area contributed by atoms with Crippen LogP contribution in [0.15, 0.2) is 47.1 Å². The first-order valence-corrected chi connectivity index (χ1v) is 8.86. The smallest absolute Gasteiger partial charge is 0.307 e. The number of amides is 1. The Balaban J connectivity index is 2.02. The normalized spacial score (nSPS) is 10.1. The Labute approximate surface area is 163 Å². The average molecular weight is 390 g/mol. The van der Waals surface area contributed by atoms with Crippen LogP contribution in [0.3, 0.4) is 0 Å². The van der Waals surface area contributed by atoms with Gasteiger partial charge < -0.3 is 18.8 Å². The second kappa shape index (κ2) is 10.3. The summed E-state index contributed by atoms with van der Waals surface area (Å²) in [6.45, 7) is 2.68. The highest BCUT2D eigenvalue weighted by atomic mass is 32.1. The van der Waals surface area contributed by atoms with Crippen LogP contribution in [0, 0.1) is 0 Å². The van der Waals surface area contributed by atoms with Crippen molar-refractivity contribution < 1.29 is 23.5 Å². The van der Waals surface area contributed by atoms with Gasteiger partial charge in [-0.15, -0.1) is 0 Å². The van der Waals surface area contributed by atoms with Crippen LogP contribution < -0.4 is 10.1 Å². The van der Waals surface area contributed by atoms with Crippen LogP contribution in [-0.4, -0.2) is 42.2 Å². The van der Waals surface area contributed by atoms with E-state index in [-0.39, 0.29) is 23.4 Å². The predicted octanol–water partition coefficient (Wildman–Crippen LogP) is 2.76. The Morgan fingerprint density at radius 3 is 2.56 bits per heavy atom. The molecule has 27 heavy (non-hydrogen) atoms. The van der Waals surface area contributed by atoms with Crippen molar-refractivity contribution in [3.05, 3.63) is 54.0 Å². The summed E-state index contributed by atoms with van der Waals surface area (Å²) in [5.41, 5.74) is 0.446. The maximum atomic E-state index is 12.4. The van der Waals surface area contributed by atoms with Gasteiger partial charge in [-0.1, -0.05) is 0 Å². The molecule has 1 N–H and O–H groups in total. The molecular weight excluding hydrogens is 368 g/mol. The number of thiocarbonyl (C=S) groups is 1. The van der Waals surface area contributed by atoms with E-state index in [1.807, 2.05) is 0 Å². The molecule has 0 fully saturated rings. The molecule has 7 nitrogen and oxygen atoms in total. The summed E-state index contributed by atoms with van der Waals surface area (Å²) >= 11 is 5.37. The zero-order valence-corrected chi connectivity index (χ0v) is 16.1. The van der Waals surface area contributed by atoms with Crippen LogP contribution in [-0.2, 0) is 16.1 Å². The molecule has 1 aromatic heterocycles. The molecule has 0 bridgehead atoms. The van der Waals surface area contributed by atoms with Crippen LogP contribution >= 0.6 is 12.2 Å². The largest absolute Gasteiger partial charge is 0.497 e. The van der Waals surface area contributed by atoms with Gasteiger partial charge in [0.05, 0.1) is 32.9 Å². The van der Waals surface area contributed by atoms with Gasteiger partial charge in [-0.05, 0) is 55.5 Å². The monoisotopic (exact) mass is 390 g/mol. The molecule has 0 saturated heterocycles. The van der Waals surface area contributed by atoms with E-state index in [9.17, 15) is 9.59 Å². The zero-order chi connectivity index (χ0) is 19.6. The number of carbonyl (C=O) groups excluding carboxylic acids is 2. The maximum Gasteiger partial charge on any atom is 0.307 e. The van der Waals surface area contributed by atoms with Crippen LogP contribution in [0.1, 0.15) is 29.5 Å². The third kappa shape index (κ3) is 6.41. The quantitative estimate of drug-likeness (QED) is 0.548. The Morgan fingerprint density at radius 1 is 1.22 bits per heavy atom. The Kier molecular flexibility index (Phi) is 7.81. The second-order valence-corrected chi connectivity index (χ2v) is 5.93. The lowest BCUT2D eigenvalue weighted by Crippen LogP contribution is -2.43. The highest BCUT2D eigenvalue weighted by Gasteiger charge is 2.17. The molecule has 0 aliphatic rings. The molecule has 0 radical (unpaired) electrons. The van der Waals surface area contributed by atoms with E-state index >= 15 is 0 Å². The van der Waals surface area contributed by atoms with Crippen molar-refractivity contribution in [3.8, 4) is 5.75 Å². The number of furan rings is 1. The Morgan fingerprint density at radius 2 is 1.96 bits per heavy atom. The minimum absolute atomic E-state index is 0.146. The van der Waals surface area contributed by atoms with E-state index in [1.54, 1.807) is 61.6 Å². The molecule has 2 aromatic rings. The molecule has 8 heteroatoms. The standard InChI is InChI=1S/C19H22N2O5S/c1-3-25-17(22)10-11-21(13-16-5-4-12-26-16)19(27)20-18(23)14-6-8-15(24-2)9-7-14/h4-9,12H,3,10-11,13H2,1-2H3,(H,20,23,27). The minimum atomic E-state index is -0.344. The van der Waals surface area contributed by atoms with Crippen molar-refractivity contribution in [2.24, 2.45) is 0 Å². The molecule has 0 spiro atoms. The third-order valence-corrected chi connectivity index (χ3v) is 4.04. The van der Waals surface area contributed by atoms with Crippen molar-refractivity contribution in [1.82, 2.24) is 10.2 Å². The molecular formula is C19H22N2O5S. The first-order valence-electron chi connectivity index (χ1n) is 8.45. The SMILES string of the molecule is CCOC(=O)CCN(Cc1ccco1)C(=S)NC(=O)c1ccc(OC)cc1. The molecule has 1 amide bonds. The molecule has 0 saturated carbocycles. The number of nitrogens with zero attached hydrogens (tertiary/aromatic N) is 1. The van der Waals surface area contributed by atoms with Gasteiger partial charge >= 0.3 is 5.97 Å². The van der Waals surface area contributed by atoms with Gasteiger partial charge in [0.2, 0.25) is 0 Å². The van der Waals surface area contributed by atoms with Crippen LogP contribution in [0.25, 0.3) is 0 Å². The molecule has 1 heterocycles. The number of carbonyl (C=O) groups is 2. The number of nitrogens with one attached hydrogen (secondary N) is 1. The summed E-state index contributed by atoms with van der Waals surface area (Å²) in [7, 11) is 1.56. The minimum Gasteiger partial charge on any atom is -0.497 e. The van der Waals surface area contributed by atoms with Crippen LogP contribution in [0.5, 0.6) is 5.75 Å². The van der Waals surface area contributed by atoms with Crippen molar-refractivity contribution in [2.45, 2.75) is 19.9 Å². The molecule has 2 rings (SSSR count). The molecule has 0 aliphatic heterocycles. The van der Waals surface area contributed by atoms with Crippen LogP contribution in [0.4, 0.5) is 0 Å². The number of hydrogen-bond donors (Lipinski definition) is 1. The lowest BCUT2D eigenvalue weighted by molar-refractivity contribution is -0.143. The summed E-state index contributed by atoms with van der Waals surface area (Å²) in [6.07, 6.45) is 1.70. The Hall–Kier alpha value is -2.87. The average Bonchev–Trinajstić information content (AvgIpc) is 3.18. The number of esters is 1. The van der Waals surface area contributed by atoms with Gasteiger partial charge in [-0.25, -0.2) is 0 Å². The number of ether oxygens (including phenoxy) is 2. The van der Waals surface area contributed by atoms with E-state index in [0.717, 1.165) is 0 Å². The lowest BCUT2D eigenvalue weighted by Gasteiger charge is -2.24. The van der Waals surface area contributed by atoms with Gasteiger partial charge in [0, 0.05) is 12.1 Å². The summed E-state index contributed by atoms with van der Waals surface area (Å²) in [6, 6.07) is 10.2. The van der Waals surface area contributed by atoms with Crippen molar-refractivity contribution in [3.63, 3.8) is 0 Å². The first-order chi connectivity index (χ1) is 13.0. The van der Waals surface area contributed by atoms with E-state index in [2.05, 4.69) is 5.32 Å². The van der Waals surface area contributed by atoms with E-state index < -0.39 is 0 Å². The molecule has 1 aromatic carbocycles. The van der Waals surface area contributed by atoms with Crippen molar-refractivity contribution >= 4 is 29.2 Å². The highest BCUT2D eigenvalue weighted by Crippen LogP contribution is 2.12. The summed E-state index contributed by atoms with van der Waals surface area (Å²) in [5.74, 6) is 0.650. The van der Waals surface area contributed by atoms with E-state index in [4.69, 9.17) is 26.1 Å². The predicted molar refractivity (Wildman–Crippen MR) is 103 cm³/mol. The molecule has 144 valence electrons. The van der Waals surface area contributed by atoms with Gasteiger partial charge in [0.25, 0.3) is 5.91 Å². The molecule has 0 unspecified atom stereocenters. The summed E-state index contributed by atoms with van der Waals surface area (Å²) in [4.78, 5) is 25.8. The van der Waals surface area contributed by atoms with Crippen molar-refractivity contribution in [2.75, 3.05) is 20.3 Å². The maximum absolute atomic E-state index is 12.4. The number of benzene rings is 1. The van der Waals surface area contributed by atoms with Crippen LogP contribution in [0.2, 0.25) is 0 Å². The highest BCUT2D eigenvalue weighted by molar-refractivity contribution is 7.80. The topological polar surface area (TPSA) is 81.0 Å². The fourth-order valence-corrected chi connectivity index (χ4v) is 2.54. The van der Waals surface area contributed by atoms with Gasteiger partial charge in [0.1, 0.15) is 11.5 Å².